The molecule has 0 saturated carbocycles. The SMILES string of the molecule is N[C@@H](c1cc(C(F)(F)F)ccc1F)[C@H](O)C(F)(F)F. The Balaban J connectivity index is 3.20. The zero-order valence-electron chi connectivity index (χ0n) is 9.06. The van der Waals surface area contributed by atoms with E-state index in [0.717, 1.165) is 0 Å². The Morgan fingerprint density at radius 2 is 1.58 bits per heavy atom. The molecule has 0 aliphatic carbocycles. The third kappa shape index (κ3) is 3.57. The molecule has 9 heteroatoms. The molecule has 0 fully saturated rings. The van der Waals surface area contributed by atoms with E-state index < -0.39 is 41.4 Å². The van der Waals surface area contributed by atoms with Crippen molar-refractivity contribution in [3.05, 3.63) is 35.1 Å². The number of halogens is 7. The second-order valence-electron chi connectivity index (χ2n) is 3.75. The van der Waals surface area contributed by atoms with Crippen LogP contribution in [-0.4, -0.2) is 17.4 Å². The summed E-state index contributed by atoms with van der Waals surface area (Å²) in [5.74, 6) is -1.36. The van der Waals surface area contributed by atoms with E-state index in [1.54, 1.807) is 0 Å². The zero-order chi connectivity index (χ0) is 15.0. The summed E-state index contributed by atoms with van der Waals surface area (Å²) >= 11 is 0. The molecule has 3 N–H and O–H groups in total. The quantitative estimate of drug-likeness (QED) is 0.823. The lowest BCUT2D eigenvalue weighted by Crippen LogP contribution is -2.39. The summed E-state index contributed by atoms with van der Waals surface area (Å²) in [6.07, 6.45) is -13.2. The van der Waals surface area contributed by atoms with Gasteiger partial charge in [0.2, 0.25) is 0 Å². The number of rotatable bonds is 2. The normalized spacial score (nSPS) is 16.3. The largest absolute Gasteiger partial charge is 0.416 e. The number of aliphatic hydroxyl groups excluding tert-OH is 1. The average molecular weight is 291 g/mol. The van der Waals surface area contributed by atoms with Gasteiger partial charge >= 0.3 is 12.4 Å². The monoisotopic (exact) mass is 291 g/mol. The Morgan fingerprint density at radius 3 is 2.00 bits per heavy atom. The van der Waals surface area contributed by atoms with Crippen LogP contribution in [0.1, 0.15) is 17.2 Å². The maximum atomic E-state index is 13.2. The van der Waals surface area contributed by atoms with Gasteiger partial charge in [0.05, 0.1) is 11.6 Å². The maximum Gasteiger partial charge on any atom is 0.416 e. The van der Waals surface area contributed by atoms with Gasteiger partial charge in [-0.3, -0.25) is 0 Å². The topological polar surface area (TPSA) is 46.2 Å². The molecule has 0 aliphatic heterocycles. The van der Waals surface area contributed by atoms with Crippen molar-refractivity contribution in [2.75, 3.05) is 0 Å². The van der Waals surface area contributed by atoms with Crippen molar-refractivity contribution in [1.82, 2.24) is 0 Å². The zero-order valence-corrected chi connectivity index (χ0v) is 9.06. The summed E-state index contributed by atoms with van der Waals surface area (Å²) in [4.78, 5) is 0. The van der Waals surface area contributed by atoms with Crippen LogP contribution >= 0.6 is 0 Å². The van der Waals surface area contributed by atoms with Crippen molar-refractivity contribution in [2.24, 2.45) is 5.73 Å². The number of aliphatic hydroxyl groups is 1. The molecule has 0 amide bonds. The van der Waals surface area contributed by atoms with Crippen molar-refractivity contribution in [1.29, 1.82) is 0 Å². The molecule has 0 aliphatic rings. The molecule has 0 bridgehead atoms. The van der Waals surface area contributed by atoms with E-state index in [0.29, 0.717) is 12.1 Å². The molecule has 0 unspecified atom stereocenters. The fourth-order valence-electron chi connectivity index (χ4n) is 1.35. The van der Waals surface area contributed by atoms with E-state index in [1.807, 2.05) is 0 Å². The first-order valence-corrected chi connectivity index (χ1v) is 4.81. The van der Waals surface area contributed by atoms with Crippen molar-refractivity contribution in [3.63, 3.8) is 0 Å². The summed E-state index contributed by atoms with van der Waals surface area (Å²) in [6, 6.07) is -1.48. The van der Waals surface area contributed by atoms with Gasteiger partial charge in [-0.15, -0.1) is 0 Å². The standard InChI is InChI=1S/C10H8F7NO/c11-6-2-1-4(9(12,13)14)3-5(6)7(18)8(19)10(15,16)17/h1-3,7-8,19H,18H2/t7-,8-/m0/s1. The van der Waals surface area contributed by atoms with Crippen molar-refractivity contribution in [3.8, 4) is 0 Å². The highest BCUT2D eigenvalue weighted by atomic mass is 19.4. The lowest BCUT2D eigenvalue weighted by Gasteiger charge is -2.22. The van der Waals surface area contributed by atoms with Gasteiger partial charge in [0.25, 0.3) is 0 Å². The van der Waals surface area contributed by atoms with Crippen LogP contribution in [0.5, 0.6) is 0 Å². The minimum absolute atomic E-state index is 0.148. The number of benzene rings is 1. The molecule has 0 aromatic heterocycles. The highest BCUT2D eigenvalue weighted by Gasteiger charge is 2.44. The lowest BCUT2D eigenvalue weighted by molar-refractivity contribution is -0.210. The smallest absolute Gasteiger partial charge is 0.382 e. The maximum absolute atomic E-state index is 13.2. The summed E-state index contributed by atoms with van der Waals surface area (Å²) in [7, 11) is 0. The Hall–Kier alpha value is -1.35. The Labute approximate surface area is 102 Å². The molecular weight excluding hydrogens is 283 g/mol. The minimum Gasteiger partial charge on any atom is -0.382 e. The molecule has 1 aromatic rings. The predicted octanol–water partition coefficient (Wildman–Crippen LogP) is 2.77. The number of alkyl halides is 6. The van der Waals surface area contributed by atoms with Crippen LogP contribution in [0, 0.1) is 5.82 Å². The van der Waals surface area contributed by atoms with Crippen LogP contribution in [0.2, 0.25) is 0 Å². The van der Waals surface area contributed by atoms with Crippen LogP contribution in [0.15, 0.2) is 18.2 Å². The molecule has 2 nitrogen and oxygen atoms in total. The first-order chi connectivity index (χ1) is 8.44. The van der Waals surface area contributed by atoms with Crippen molar-refractivity contribution in [2.45, 2.75) is 24.5 Å². The first kappa shape index (κ1) is 15.7. The van der Waals surface area contributed by atoms with Gasteiger partial charge in [-0.25, -0.2) is 4.39 Å². The number of nitrogens with two attached hydrogens (primary N) is 1. The van der Waals surface area contributed by atoms with Crippen LogP contribution < -0.4 is 5.73 Å². The third-order valence-corrected chi connectivity index (χ3v) is 2.36. The Kier molecular flexibility index (Phi) is 4.11. The molecule has 2 atom stereocenters. The van der Waals surface area contributed by atoms with Crippen LogP contribution in [0.4, 0.5) is 30.7 Å². The van der Waals surface area contributed by atoms with Crippen molar-refractivity contribution >= 4 is 0 Å². The second-order valence-corrected chi connectivity index (χ2v) is 3.75. The molecule has 1 rings (SSSR count). The number of hydrogen-bond acceptors (Lipinski definition) is 2. The van der Waals surface area contributed by atoms with E-state index in [4.69, 9.17) is 10.8 Å². The van der Waals surface area contributed by atoms with Gasteiger partial charge in [0.1, 0.15) is 5.82 Å². The van der Waals surface area contributed by atoms with E-state index in [1.165, 1.54) is 0 Å². The summed E-state index contributed by atoms with van der Waals surface area (Å²) in [6.45, 7) is 0. The number of hydrogen-bond donors (Lipinski definition) is 2. The summed E-state index contributed by atoms with van der Waals surface area (Å²) in [5, 5.41) is 8.83. The van der Waals surface area contributed by atoms with Gasteiger partial charge in [0.15, 0.2) is 6.10 Å². The molecule has 0 radical (unpaired) electrons. The second kappa shape index (κ2) is 4.97. The van der Waals surface area contributed by atoms with Gasteiger partial charge in [-0.1, -0.05) is 0 Å². The van der Waals surface area contributed by atoms with E-state index in [9.17, 15) is 30.7 Å². The third-order valence-electron chi connectivity index (χ3n) is 2.36. The highest BCUT2D eigenvalue weighted by Crippen LogP contribution is 2.34. The van der Waals surface area contributed by atoms with Gasteiger partial charge < -0.3 is 10.8 Å². The van der Waals surface area contributed by atoms with E-state index in [2.05, 4.69) is 0 Å². The Bertz CT molecular complexity index is 454. The molecule has 0 heterocycles. The lowest BCUT2D eigenvalue weighted by atomic mass is 9.99. The van der Waals surface area contributed by atoms with Crippen LogP contribution in [0.3, 0.4) is 0 Å². The van der Waals surface area contributed by atoms with Gasteiger partial charge in [-0.05, 0) is 18.2 Å². The minimum atomic E-state index is -5.17. The molecule has 0 spiro atoms. The summed E-state index contributed by atoms with van der Waals surface area (Å²) < 4.78 is 86.8. The fraction of sp³-hybridized carbons (Fsp3) is 0.400. The van der Waals surface area contributed by atoms with Gasteiger partial charge in [0, 0.05) is 5.56 Å². The predicted molar refractivity (Wildman–Crippen MR) is 50.4 cm³/mol. The van der Waals surface area contributed by atoms with E-state index in [-0.39, 0.29) is 6.07 Å². The summed E-state index contributed by atoms with van der Waals surface area (Å²) in [5.41, 5.74) is 2.55. The van der Waals surface area contributed by atoms with Crippen molar-refractivity contribution < 1.29 is 35.8 Å². The molecular formula is C10H8F7NO. The molecule has 19 heavy (non-hydrogen) atoms. The first-order valence-electron chi connectivity index (χ1n) is 4.81. The van der Waals surface area contributed by atoms with Gasteiger partial charge in [-0.2, -0.15) is 26.3 Å². The van der Waals surface area contributed by atoms with Crippen LogP contribution in [0.25, 0.3) is 0 Å². The van der Waals surface area contributed by atoms with E-state index >= 15 is 0 Å². The molecule has 108 valence electrons. The van der Waals surface area contributed by atoms with Crippen LogP contribution in [-0.2, 0) is 6.18 Å². The molecule has 0 saturated heterocycles. The highest BCUT2D eigenvalue weighted by molar-refractivity contribution is 5.30. The average Bonchev–Trinajstić information content (AvgIpc) is 2.25. The molecule has 1 aromatic carbocycles. The fourth-order valence-corrected chi connectivity index (χ4v) is 1.35. The Morgan fingerprint density at radius 1 is 1.05 bits per heavy atom.